The van der Waals surface area contributed by atoms with Gasteiger partial charge in [0.15, 0.2) is 0 Å². The largest absolute Gasteiger partial charge is 0.393 e. The Bertz CT molecular complexity index is 311. The van der Waals surface area contributed by atoms with E-state index in [1.807, 2.05) is 0 Å². The number of hydrogen-bond donors (Lipinski definition) is 1. The average Bonchev–Trinajstić information content (AvgIpc) is 3.12. The van der Waals surface area contributed by atoms with Crippen molar-refractivity contribution < 1.29 is 9.84 Å². The zero-order chi connectivity index (χ0) is 17.7. The standard InChI is InChI=1S/C23H44O2/c1-2-3-4-5-8-11-18-22-23(25-22)19-12-9-6-7-10-17-21(24)20-15-13-14-16-20/h20-24H,2-19H2,1H3. The van der Waals surface area contributed by atoms with E-state index in [9.17, 15) is 5.11 Å². The van der Waals surface area contributed by atoms with Gasteiger partial charge in [0, 0.05) is 0 Å². The molecule has 0 radical (unpaired) electrons. The highest BCUT2D eigenvalue weighted by molar-refractivity contribution is 4.84. The molecule has 2 aliphatic rings. The summed E-state index contributed by atoms with van der Waals surface area (Å²) >= 11 is 0. The second-order valence-corrected chi connectivity index (χ2v) is 8.73. The van der Waals surface area contributed by atoms with Crippen molar-refractivity contribution in [3.8, 4) is 0 Å². The van der Waals surface area contributed by atoms with Gasteiger partial charge in [0.25, 0.3) is 0 Å². The first-order chi connectivity index (χ1) is 12.3. The molecule has 25 heavy (non-hydrogen) atoms. The van der Waals surface area contributed by atoms with Crippen molar-refractivity contribution in [1.82, 2.24) is 0 Å². The molecule has 0 spiro atoms. The SMILES string of the molecule is CCCCCCCCC1OC1CCCCCCCC(O)C1CCCC1. The lowest BCUT2D eigenvalue weighted by Crippen LogP contribution is -2.17. The first-order valence-electron chi connectivity index (χ1n) is 11.6. The molecule has 2 heteroatoms. The number of rotatable bonds is 16. The molecule has 0 aromatic heterocycles. The lowest BCUT2D eigenvalue weighted by molar-refractivity contribution is 0.0989. The Hall–Kier alpha value is -0.0800. The topological polar surface area (TPSA) is 32.8 Å². The fourth-order valence-corrected chi connectivity index (χ4v) is 4.62. The zero-order valence-electron chi connectivity index (χ0n) is 16.9. The highest BCUT2D eigenvalue weighted by Crippen LogP contribution is 2.32. The van der Waals surface area contributed by atoms with E-state index >= 15 is 0 Å². The summed E-state index contributed by atoms with van der Waals surface area (Å²) in [7, 11) is 0. The van der Waals surface area contributed by atoms with E-state index in [0.29, 0.717) is 18.1 Å². The van der Waals surface area contributed by atoms with Crippen LogP contribution in [0.2, 0.25) is 0 Å². The molecule has 1 saturated carbocycles. The first kappa shape index (κ1) is 21.2. The van der Waals surface area contributed by atoms with Gasteiger partial charge in [0.2, 0.25) is 0 Å². The van der Waals surface area contributed by atoms with Crippen LogP contribution in [0.3, 0.4) is 0 Å². The van der Waals surface area contributed by atoms with Crippen molar-refractivity contribution >= 4 is 0 Å². The minimum absolute atomic E-state index is 0.00917. The number of aliphatic hydroxyl groups is 1. The molecule has 2 nitrogen and oxygen atoms in total. The molecule has 3 atom stereocenters. The Balaban J connectivity index is 1.30. The second-order valence-electron chi connectivity index (χ2n) is 8.73. The van der Waals surface area contributed by atoms with Gasteiger partial charge in [-0.3, -0.25) is 0 Å². The lowest BCUT2D eigenvalue weighted by atomic mass is 9.95. The summed E-state index contributed by atoms with van der Waals surface area (Å²) in [4.78, 5) is 0. The van der Waals surface area contributed by atoms with E-state index < -0.39 is 0 Å². The van der Waals surface area contributed by atoms with Gasteiger partial charge in [-0.25, -0.2) is 0 Å². The number of unbranched alkanes of at least 4 members (excludes halogenated alkanes) is 9. The van der Waals surface area contributed by atoms with E-state index in [1.54, 1.807) is 0 Å². The van der Waals surface area contributed by atoms with E-state index in [1.165, 1.54) is 109 Å². The summed E-state index contributed by atoms with van der Waals surface area (Å²) in [5, 5.41) is 10.2. The van der Waals surface area contributed by atoms with Crippen LogP contribution in [0.1, 0.15) is 122 Å². The molecule has 0 aromatic carbocycles. The maximum Gasteiger partial charge on any atom is 0.0841 e. The Morgan fingerprint density at radius 3 is 1.88 bits per heavy atom. The number of aliphatic hydroxyl groups excluding tert-OH is 1. The molecule has 1 N–H and O–H groups in total. The van der Waals surface area contributed by atoms with Crippen LogP contribution in [-0.4, -0.2) is 23.4 Å². The highest BCUT2D eigenvalue weighted by Gasteiger charge is 2.36. The van der Waals surface area contributed by atoms with Crippen LogP contribution in [-0.2, 0) is 4.74 Å². The molecular formula is C23H44O2. The minimum atomic E-state index is -0.00917. The summed E-state index contributed by atoms with van der Waals surface area (Å²) in [5.74, 6) is 0.621. The average molecular weight is 353 g/mol. The summed E-state index contributed by atoms with van der Waals surface area (Å²) < 4.78 is 5.83. The van der Waals surface area contributed by atoms with Crippen molar-refractivity contribution in [2.45, 2.75) is 141 Å². The quantitative estimate of drug-likeness (QED) is 0.245. The van der Waals surface area contributed by atoms with E-state index in [4.69, 9.17) is 4.74 Å². The third-order valence-electron chi connectivity index (χ3n) is 6.46. The molecule has 0 amide bonds. The summed E-state index contributed by atoms with van der Waals surface area (Å²) in [6.07, 6.45) is 24.9. The van der Waals surface area contributed by atoms with Crippen LogP contribution in [0.25, 0.3) is 0 Å². The van der Waals surface area contributed by atoms with Crippen molar-refractivity contribution in [2.75, 3.05) is 0 Å². The summed E-state index contributed by atoms with van der Waals surface area (Å²) in [5.41, 5.74) is 0. The van der Waals surface area contributed by atoms with E-state index in [2.05, 4.69) is 6.92 Å². The fourth-order valence-electron chi connectivity index (χ4n) is 4.62. The van der Waals surface area contributed by atoms with Crippen molar-refractivity contribution in [3.63, 3.8) is 0 Å². The van der Waals surface area contributed by atoms with Crippen LogP contribution in [0, 0.1) is 5.92 Å². The van der Waals surface area contributed by atoms with Crippen LogP contribution >= 0.6 is 0 Å². The van der Waals surface area contributed by atoms with E-state index in [-0.39, 0.29) is 6.10 Å². The zero-order valence-corrected chi connectivity index (χ0v) is 16.9. The third kappa shape index (κ3) is 9.43. The Labute approximate surface area is 157 Å². The molecule has 1 heterocycles. The van der Waals surface area contributed by atoms with Gasteiger partial charge >= 0.3 is 0 Å². The molecule has 1 saturated heterocycles. The molecule has 0 aromatic rings. The monoisotopic (exact) mass is 352 g/mol. The normalized spacial score (nSPS) is 24.7. The van der Waals surface area contributed by atoms with Crippen LogP contribution in [0.5, 0.6) is 0 Å². The van der Waals surface area contributed by atoms with Gasteiger partial charge in [0.05, 0.1) is 18.3 Å². The molecule has 1 aliphatic heterocycles. The first-order valence-corrected chi connectivity index (χ1v) is 11.6. The summed E-state index contributed by atoms with van der Waals surface area (Å²) in [6, 6.07) is 0. The third-order valence-corrected chi connectivity index (χ3v) is 6.46. The molecule has 2 rings (SSSR count). The maximum atomic E-state index is 10.2. The molecule has 2 fully saturated rings. The number of ether oxygens (including phenoxy) is 1. The smallest absolute Gasteiger partial charge is 0.0841 e. The van der Waals surface area contributed by atoms with Crippen LogP contribution in [0.4, 0.5) is 0 Å². The second kappa shape index (κ2) is 13.1. The van der Waals surface area contributed by atoms with Gasteiger partial charge in [-0.05, 0) is 38.0 Å². The fraction of sp³-hybridized carbons (Fsp3) is 1.00. The van der Waals surface area contributed by atoms with Crippen molar-refractivity contribution in [1.29, 1.82) is 0 Å². The highest BCUT2D eigenvalue weighted by atomic mass is 16.6. The van der Waals surface area contributed by atoms with Gasteiger partial charge in [0.1, 0.15) is 0 Å². The lowest BCUT2D eigenvalue weighted by Gasteiger charge is -2.17. The van der Waals surface area contributed by atoms with E-state index in [0.717, 1.165) is 6.42 Å². The molecular weight excluding hydrogens is 308 g/mol. The van der Waals surface area contributed by atoms with Crippen molar-refractivity contribution in [3.05, 3.63) is 0 Å². The molecule has 0 bridgehead atoms. The van der Waals surface area contributed by atoms with Gasteiger partial charge in [-0.15, -0.1) is 0 Å². The van der Waals surface area contributed by atoms with Crippen molar-refractivity contribution in [2.24, 2.45) is 5.92 Å². The molecule has 1 aliphatic carbocycles. The Morgan fingerprint density at radius 1 is 0.760 bits per heavy atom. The number of hydrogen-bond acceptors (Lipinski definition) is 2. The summed E-state index contributed by atoms with van der Waals surface area (Å²) in [6.45, 7) is 2.28. The maximum absolute atomic E-state index is 10.2. The predicted octanol–water partition coefficient (Wildman–Crippen LogP) is 6.79. The van der Waals surface area contributed by atoms with Gasteiger partial charge < -0.3 is 9.84 Å². The predicted molar refractivity (Wildman–Crippen MR) is 107 cm³/mol. The number of epoxide rings is 1. The molecule has 3 unspecified atom stereocenters. The van der Waals surface area contributed by atoms with Crippen LogP contribution < -0.4 is 0 Å². The Morgan fingerprint density at radius 2 is 1.28 bits per heavy atom. The molecule has 148 valence electrons. The minimum Gasteiger partial charge on any atom is -0.393 e. The van der Waals surface area contributed by atoms with Gasteiger partial charge in [-0.1, -0.05) is 90.4 Å². The van der Waals surface area contributed by atoms with Crippen LogP contribution in [0.15, 0.2) is 0 Å². The Kier molecular flexibility index (Phi) is 11.2. The van der Waals surface area contributed by atoms with Gasteiger partial charge in [-0.2, -0.15) is 0 Å².